The summed E-state index contributed by atoms with van der Waals surface area (Å²) in [4.78, 5) is 0. The van der Waals surface area contributed by atoms with Crippen LogP contribution in [0, 0.1) is 0 Å². The summed E-state index contributed by atoms with van der Waals surface area (Å²) in [6.45, 7) is 12.0. The van der Waals surface area contributed by atoms with E-state index in [0.29, 0.717) is 0 Å². The van der Waals surface area contributed by atoms with Crippen molar-refractivity contribution in [2.75, 3.05) is 47.5 Å². The van der Waals surface area contributed by atoms with Gasteiger partial charge < -0.3 is 17.8 Å². The van der Waals surface area contributed by atoms with Crippen LogP contribution in [0.2, 0.25) is 6.04 Å². The molecule has 0 fully saturated rings. The zero-order valence-electron chi connectivity index (χ0n) is 23.7. The van der Waals surface area contributed by atoms with Crippen LogP contribution >= 0.6 is 0 Å². The Bertz CT molecular complexity index is 392. The lowest BCUT2D eigenvalue weighted by Gasteiger charge is -2.38. The van der Waals surface area contributed by atoms with Gasteiger partial charge in [0.05, 0.1) is 26.2 Å². The summed E-state index contributed by atoms with van der Waals surface area (Å²) in [5.74, 6) is 0. The van der Waals surface area contributed by atoms with E-state index in [1.807, 2.05) is 0 Å². The fourth-order valence-electron chi connectivity index (χ4n) is 5.15. The second-order valence-electron chi connectivity index (χ2n) is 10.1. The minimum absolute atomic E-state index is 0.912. The van der Waals surface area contributed by atoms with Crippen molar-refractivity contribution in [2.45, 2.75) is 136 Å². The molecule has 0 atom stereocenters. The quantitative estimate of drug-likeness (QED) is 0.0695. The third-order valence-electron chi connectivity index (χ3n) is 7.88. The van der Waals surface area contributed by atoms with Gasteiger partial charge in [-0.15, -0.1) is 0 Å². The van der Waals surface area contributed by atoms with Crippen molar-refractivity contribution in [2.24, 2.45) is 0 Å². The van der Waals surface area contributed by atoms with E-state index in [-0.39, 0.29) is 0 Å². The SMILES string of the molecule is CCCCCCCCCCCCCCCCCC[N+](CC)(CC)CCC[Si](OC)(OC)OC. The molecule has 0 spiro atoms. The van der Waals surface area contributed by atoms with Gasteiger partial charge >= 0.3 is 8.80 Å². The Balaban J connectivity index is 3.74. The lowest BCUT2D eigenvalue weighted by Crippen LogP contribution is -2.50. The third-order valence-corrected chi connectivity index (χ3v) is 10.7. The van der Waals surface area contributed by atoms with E-state index < -0.39 is 8.80 Å². The molecule has 0 aromatic heterocycles. The van der Waals surface area contributed by atoms with Crippen LogP contribution in [-0.4, -0.2) is 60.8 Å². The zero-order valence-corrected chi connectivity index (χ0v) is 24.7. The smallest absolute Gasteiger partial charge is 0.377 e. The van der Waals surface area contributed by atoms with Gasteiger partial charge in [0.2, 0.25) is 0 Å². The monoisotopic (exact) mass is 488 g/mol. The van der Waals surface area contributed by atoms with Crippen molar-refractivity contribution in [3.63, 3.8) is 0 Å². The van der Waals surface area contributed by atoms with Crippen molar-refractivity contribution < 1.29 is 17.8 Å². The van der Waals surface area contributed by atoms with Gasteiger partial charge in [0.1, 0.15) is 0 Å². The van der Waals surface area contributed by atoms with E-state index in [1.54, 1.807) is 21.3 Å². The molecule has 200 valence electrons. The second-order valence-corrected chi connectivity index (χ2v) is 13.2. The van der Waals surface area contributed by atoms with Crippen LogP contribution < -0.4 is 0 Å². The molecule has 0 amide bonds. The number of unbranched alkanes of at least 4 members (excludes halogenated alkanes) is 15. The van der Waals surface area contributed by atoms with Gasteiger partial charge in [-0.05, 0) is 26.7 Å². The van der Waals surface area contributed by atoms with Crippen LogP contribution in [0.3, 0.4) is 0 Å². The molecule has 33 heavy (non-hydrogen) atoms. The summed E-state index contributed by atoms with van der Waals surface area (Å²) in [6.07, 6.45) is 24.1. The Morgan fingerprint density at radius 1 is 0.455 bits per heavy atom. The van der Waals surface area contributed by atoms with E-state index >= 15 is 0 Å². The average Bonchev–Trinajstić information content (AvgIpc) is 2.85. The zero-order chi connectivity index (χ0) is 24.7. The molecule has 0 aromatic rings. The Morgan fingerprint density at radius 2 is 0.788 bits per heavy atom. The maximum absolute atomic E-state index is 5.60. The predicted octanol–water partition coefficient (Wildman–Crippen LogP) is 8.37. The average molecular weight is 489 g/mol. The van der Waals surface area contributed by atoms with Crippen molar-refractivity contribution >= 4 is 8.80 Å². The summed E-state index contributed by atoms with van der Waals surface area (Å²) in [5, 5.41) is 0. The molecule has 0 radical (unpaired) electrons. The first-order valence-electron chi connectivity index (χ1n) is 14.6. The highest BCUT2D eigenvalue weighted by atomic mass is 28.4. The molecule has 0 heterocycles. The normalized spacial score (nSPS) is 12.5. The molecular formula is C28H62NO3Si+. The molecular weight excluding hydrogens is 426 g/mol. The molecule has 5 heteroatoms. The summed E-state index contributed by atoms with van der Waals surface area (Å²) in [5.41, 5.74) is 0. The third kappa shape index (κ3) is 16.4. The molecule has 0 aliphatic rings. The lowest BCUT2D eigenvalue weighted by molar-refractivity contribution is -0.925. The van der Waals surface area contributed by atoms with Crippen LogP contribution in [0.5, 0.6) is 0 Å². The first-order valence-corrected chi connectivity index (χ1v) is 16.5. The molecule has 0 rings (SSSR count). The maximum Gasteiger partial charge on any atom is 0.500 e. The molecule has 0 saturated carbocycles. The molecule has 0 bridgehead atoms. The van der Waals surface area contributed by atoms with Gasteiger partial charge in [-0.3, -0.25) is 0 Å². The molecule has 0 unspecified atom stereocenters. The predicted molar refractivity (Wildman–Crippen MR) is 147 cm³/mol. The summed E-state index contributed by atoms with van der Waals surface area (Å²) in [6, 6.07) is 0.912. The molecule has 0 saturated heterocycles. The summed E-state index contributed by atoms with van der Waals surface area (Å²) < 4.78 is 18.0. The number of hydrogen-bond acceptors (Lipinski definition) is 3. The first-order chi connectivity index (χ1) is 16.1. The summed E-state index contributed by atoms with van der Waals surface area (Å²) >= 11 is 0. The molecule has 0 N–H and O–H groups in total. The number of quaternary nitrogens is 1. The van der Waals surface area contributed by atoms with E-state index in [4.69, 9.17) is 13.3 Å². The maximum atomic E-state index is 5.60. The largest absolute Gasteiger partial charge is 0.500 e. The standard InChI is InChI=1S/C28H62NO3Si/c1-7-10-11-12-13-14-15-16-17-18-19-20-21-22-23-24-26-29(8-2,9-3)27-25-28-33(30-4,31-5)32-6/h7-28H2,1-6H3/q+1. The van der Waals surface area contributed by atoms with E-state index in [0.717, 1.165) is 12.5 Å². The van der Waals surface area contributed by atoms with Crippen LogP contribution in [0.4, 0.5) is 0 Å². The summed E-state index contributed by atoms with van der Waals surface area (Å²) in [7, 11) is 2.73. The Hall–Kier alpha value is 0.0569. The minimum Gasteiger partial charge on any atom is -0.377 e. The van der Waals surface area contributed by atoms with Gasteiger partial charge in [-0.25, -0.2) is 0 Å². The molecule has 0 aliphatic carbocycles. The van der Waals surface area contributed by atoms with Crippen molar-refractivity contribution in [3.05, 3.63) is 0 Å². The molecule has 0 aromatic carbocycles. The van der Waals surface area contributed by atoms with Crippen LogP contribution in [0.15, 0.2) is 0 Å². The lowest BCUT2D eigenvalue weighted by atomic mass is 10.0. The van der Waals surface area contributed by atoms with E-state index in [9.17, 15) is 0 Å². The second kappa shape index (κ2) is 22.5. The van der Waals surface area contributed by atoms with Crippen molar-refractivity contribution in [1.29, 1.82) is 0 Å². The van der Waals surface area contributed by atoms with Gasteiger partial charge in [-0.1, -0.05) is 96.8 Å². The van der Waals surface area contributed by atoms with Crippen molar-refractivity contribution in [3.8, 4) is 0 Å². The Labute approximate surface area is 210 Å². The highest BCUT2D eigenvalue weighted by Crippen LogP contribution is 2.19. The number of hydrogen-bond donors (Lipinski definition) is 0. The first kappa shape index (κ1) is 33.1. The highest BCUT2D eigenvalue weighted by Gasteiger charge is 2.38. The highest BCUT2D eigenvalue weighted by molar-refractivity contribution is 6.60. The van der Waals surface area contributed by atoms with Gasteiger partial charge in [-0.2, -0.15) is 0 Å². The number of nitrogens with zero attached hydrogens (tertiary/aromatic N) is 1. The van der Waals surface area contributed by atoms with Crippen LogP contribution in [-0.2, 0) is 13.3 Å². The van der Waals surface area contributed by atoms with Gasteiger partial charge in [0.25, 0.3) is 0 Å². The number of rotatable bonds is 26. The van der Waals surface area contributed by atoms with Gasteiger partial charge in [0.15, 0.2) is 0 Å². The fourth-order valence-corrected chi connectivity index (χ4v) is 6.85. The molecule has 0 aliphatic heterocycles. The topological polar surface area (TPSA) is 27.7 Å². The fraction of sp³-hybridized carbons (Fsp3) is 1.00. The van der Waals surface area contributed by atoms with E-state index in [2.05, 4.69) is 20.8 Å². The molecule has 4 nitrogen and oxygen atoms in total. The van der Waals surface area contributed by atoms with Crippen LogP contribution in [0.1, 0.15) is 130 Å². The van der Waals surface area contributed by atoms with Crippen molar-refractivity contribution in [1.82, 2.24) is 0 Å². The minimum atomic E-state index is -2.43. The van der Waals surface area contributed by atoms with Gasteiger partial charge in [0, 0.05) is 33.8 Å². The van der Waals surface area contributed by atoms with Crippen LogP contribution in [0.25, 0.3) is 0 Å². The Kier molecular flexibility index (Phi) is 22.6. The van der Waals surface area contributed by atoms with E-state index in [1.165, 1.54) is 133 Å². The Morgan fingerprint density at radius 3 is 1.12 bits per heavy atom.